The minimum absolute atomic E-state index is 0.0499. The van der Waals surface area contributed by atoms with Crippen LogP contribution in [0.25, 0.3) is 0 Å². The van der Waals surface area contributed by atoms with Gasteiger partial charge in [-0.05, 0) is 37.5 Å². The lowest BCUT2D eigenvalue weighted by Gasteiger charge is -2.27. The van der Waals surface area contributed by atoms with Crippen molar-refractivity contribution >= 4 is 38.9 Å². The Balaban J connectivity index is 1.69. The normalized spacial score (nSPS) is 21.9. The van der Waals surface area contributed by atoms with E-state index in [4.69, 9.17) is 0 Å². The molecule has 3 rings (SSSR count). The predicted octanol–water partition coefficient (Wildman–Crippen LogP) is 1.01. The van der Waals surface area contributed by atoms with Crippen LogP contribution in [0.1, 0.15) is 26.2 Å². The van der Waals surface area contributed by atoms with Crippen LogP contribution in [0.4, 0.5) is 11.4 Å². The van der Waals surface area contributed by atoms with E-state index in [1.54, 1.807) is 31.3 Å². The lowest BCUT2D eigenvalue weighted by atomic mass is 10.0. The maximum atomic E-state index is 12.9. The highest BCUT2D eigenvalue weighted by Gasteiger charge is 2.58. The first kappa shape index (κ1) is 19.3. The maximum Gasteiger partial charge on any atom is 0.240 e. The van der Waals surface area contributed by atoms with Crippen LogP contribution >= 0.6 is 0 Å². The first-order valence-electron chi connectivity index (χ1n) is 8.80. The number of sulfone groups is 1. The van der Waals surface area contributed by atoms with Crippen LogP contribution in [0, 0.1) is 5.41 Å². The van der Waals surface area contributed by atoms with Gasteiger partial charge in [-0.3, -0.25) is 14.4 Å². The molecule has 1 aliphatic heterocycles. The summed E-state index contributed by atoms with van der Waals surface area (Å²) in [4.78, 5) is 38.2. The summed E-state index contributed by atoms with van der Waals surface area (Å²) in [6, 6.07) is 6.31. The van der Waals surface area contributed by atoms with Gasteiger partial charge in [-0.15, -0.1) is 0 Å². The molecule has 1 heterocycles. The van der Waals surface area contributed by atoms with Gasteiger partial charge < -0.3 is 15.5 Å². The van der Waals surface area contributed by atoms with Crippen LogP contribution in [0.3, 0.4) is 0 Å². The first-order chi connectivity index (χ1) is 12.6. The van der Waals surface area contributed by atoms with E-state index in [0.717, 1.165) is 0 Å². The molecule has 0 aromatic heterocycles. The standard InChI is InChI=1S/C18H23N3O5S/c1-12(22)19-13-4-3-5-14(10-13)20-16(23)18(7-8-18)17(24)21(2)15-6-9-27(25,26)11-15/h3-5,10,15H,6-9,11H2,1-2H3,(H,19,22)(H,20,23). The van der Waals surface area contributed by atoms with E-state index in [2.05, 4.69) is 10.6 Å². The molecule has 1 aliphatic carbocycles. The Morgan fingerprint density at radius 3 is 2.30 bits per heavy atom. The smallest absolute Gasteiger partial charge is 0.240 e. The number of benzene rings is 1. The monoisotopic (exact) mass is 393 g/mol. The van der Waals surface area contributed by atoms with Crippen molar-refractivity contribution in [2.75, 3.05) is 29.2 Å². The molecule has 1 aromatic carbocycles. The third-order valence-corrected chi connectivity index (χ3v) is 6.86. The molecule has 9 heteroatoms. The summed E-state index contributed by atoms with van der Waals surface area (Å²) in [5, 5.41) is 5.38. The minimum atomic E-state index is -3.11. The summed E-state index contributed by atoms with van der Waals surface area (Å²) < 4.78 is 23.3. The molecule has 0 bridgehead atoms. The SMILES string of the molecule is CC(=O)Nc1cccc(NC(=O)C2(C(=O)N(C)C3CCS(=O)(=O)C3)CC2)c1. The number of carbonyl (C=O) groups excluding carboxylic acids is 3. The summed E-state index contributed by atoms with van der Waals surface area (Å²) in [5.74, 6) is -0.934. The largest absolute Gasteiger partial charge is 0.341 e. The van der Waals surface area contributed by atoms with Gasteiger partial charge in [0.2, 0.25) is 17.7 Å². The average Bonchev–Trinajstić information content (AvgIpc) is 3.32. The fraction of sp³-hybridized carbons (Fsp3) is 0.500. The van der Waals surface area contributed by atoms with E-state index in [-0.39, 0.29) is 29.4 Å². The Hall–Kier alpha value is -2.42. The number of amides is 3. The Bertz CT molecular complexity index is 892. The van der Waals surface area contributed by atoms with Gasteiger partial charge in [-0.1, -0.05) is 6.07 Å². The Morgan fingerprint density at radius 1 is 1.15 bits per heavy atom. The summed E-state index contributed by atoms with van der Waals surface area (Å²) >= 11 is 0. The first-order valence-corrected chi connectivity index (χ1v) is 10.6. The van der Waals surface area contributed by atoms with Crippen LogP contribution in [-0.2, 0) is 24.2 Å². The lowest BCUT2D eigenvalue weighted by molar-refractivity contribution is -0.142. The molecule has 2 fully saturated rings. The van der Waals surface area contributed by atoms with Crippen LogP contribution in [0.2, 0.25) is 0 Å². The summed E-state index contributed by atoms with van der Waals surface area (Å²) in [6.45, 7) is 1.39. The second kappa shape index (κ2) is 6.95. The average molecular weight is 393 g/mol. The van der Waals surface area contributed by atoms with Gasteiger partial charge in [0.05, 0.1) is 11.5 Å². The summed E-state index contributed by atoms with van der Waals surface area (Å²) in [6.07, 6.45) is 1.28. The van der Waals surface area contributed by atoms with Crippen molar-refractivity contribution in [1.82, 2.24) is 4.90 Å². The molecular weight excluding hydrogens is 370 g/mol. The van der Waals surface area contributed by atoms with Crippen molar-refractivity contribution in [3.05, 3.63) is 24.3 Å². The molecule has 1 saturated carbocycles. The van der Waals surface area contributed by atoms with Crippen LogP contribution in [0.5, 0.6) is 0 Å². The molecule has 1 unspecified atom stereocenters. The molecule has 146 valence electrons. The third-order valence-electron chi connectivity index (χ3n) is 5.11. The van der Waals surface area contributed by atoms with E-state index >= 15 is 0 Å². The van der Waals surface area contributed by atoms with Crippen molar-refractivity contribution < 1.29 is 22.8 Å². The maximum absolute atomic E-state index is 12.9. The van der Waals surface area contributed by atoms with Crippen molar-refractivity contribution in [3.63, 3.8) is 0 Å². The Kier molecular flexibility index (Phi) is 4.98. The molecular formula is C18H23N3O5S. The van der Waals surface area contributed by atoms with Gasteiger partial charge >= 0.3 is 0 Å². The van der Waals surface area contributed by atoms with Crippen molar-refractivity contribution in [2.24, 2.45) is 5.41 Å². The second-order valence-electron chi connectivity index (χ2n) is 7.27. The molecule has 1 atom stereocenters. The van der Waals surface area contributed by atoms with Crippen molar-refractivity contribution in [3.8, 4) is 0 Å². The van der Waals surface area contributed by atoms with Gasteiger partial charge in [-0.25, -0.2) is 8.42 Å². The Labute approximate surface area is 158 Å². The number of anilines is 2. The predicted molar refractivity (Wildman–Crippen MR) is 101 cm³/mol. The highest BCUT2D eigenvalue weighted by Crippen LogP contribution is 2.48. The molecule has 1 saturated heterocycles. The van der Waals surface area contributed by atoms with Gasteiger partial charge in [0.25, 0.3) is 0 Å². The quantitative estimate of drug-likeness (QED) is 0.725. The van der Waals surface area contributed by atoms with Crippen LogP contribution in [0.15, 0.2) is 24.3 Å². The number of nitrogens with zero attached hydrogens (tertiary/aromatic N) is 1. The molecule has 0 radical (unpaired) electrons. The van der Waals surface area contributed by atoms with E-state index < -0.39 is 21.2 Å². The van der Waals surface area contributed by atoms with Gasteiger partial charge in [0.15, 0.2) is 9.84 Å². The van der Waals surface area contributed by atoms with Crippen molar-refractivity contribution in [2.45, 2.75) is 32.2 Å². The molecule has 3 amide bonds. The van der Waals surface area contributed by atoms with Crippen LogP contribution in [-0.4, -0.2) is 55.6 Å². The lowest BCUT2D eigenvalue weighted by Crippen LogP contribution is -2.46. The van der Waals surface area contributed by atoms with E-state index in [1.807, 2.05) is 0 Å². The summed E-state index contributed by atoms with van der Waals surface area (Å²) in [7, 11) is -1.54. The topological polar surface area (TPSA) is 113 Å². The van der Waals surface area contributed by atoms with Gasteiger partial charge in [0.1, 0.15) is 5.41 Å². The number of nitrogens with one attached hydrogen (secondary N) is 2. The Morgan fingerprint density at radius 2 is 1.78 bits per heavy atom. The molecule has 1 aromatic rings. The van der Waals surface area contributed by atoms with E-state index in [0.29, 0.717) is 30.6 Å². The van der Waals surface area contributed by atoms with Gasteiger partial charge in [-0.2, -0.15) is 0 Å². The zero-order valence-corrected chi connectivity index (χ0v) is 16.1. The van der Waals surface area contributed by atoms with Crippen molar-refractivity contribution in [1.29, 1.82) is 0 Å². The van der Waals surface area contributed by atoms with Crippen LogP contribution < -0.4 is 10.6 Å². The number of hydrogen-bond acceptors (Lipinski definition) is 5. The molecule has 8 nitrogen and oxygen atoms in total. The second-order valence-corrected chi connectivity index (χ2v) is 9.50. The fourth-order valence-corrected chi connectivity index (χ4v) is 5.15. The minimum Gasteiger partial charge on any atom is -0.341 e. The number of carbonyl (C=O) groups is 3. The number of hydrogen-bond donors (Lipinski definition) is 2. The van der Waals surface area contributed by atoms with E-state index in [9.17, 15) is 22.8 Å². The number of rotatable bonds is 5. The zero-order chi connectivity index (χ0) is 19.8. The summed E-state index contributed by atoms with van der Waals surface area (Å²) in [5.41, 5.74) is -0.105. The fourth-order valence-electron chi connectivity index (χ4n) is 3.38. The molecule has 2 N–H and O–H groups in total. The third kappa shape index (κ3) is 4.13. The molecule has 0 spiro atoms. The van der Waals surface area contributed by atoms with Gasteiger partial charge in [0, 0.05) is 31.4 Å². The zero-order valence-electron chi connectivity index (χ0n) is 15.3. The molecule has 2 aliphatic rings. The highest BCUT2D eigenvalue weighted by molar-refractivity contribution is 7.91. The van der Waals surface area contributed by atoms with E-state index in [1.165, 1.54) is 11.8 Å². The highest BCUT2D eigenvalue weighted by atomic mass is 32.2. The molecule has 27 heavy (non-hydrogen) atoms.